The van der Waals surface area contributed by atoms with Crippen LogP contribution in [0.1, 0.15) is 31.4 Å². The molecule has 0 bridgehead atoms. The van der Waals surface area contributed by atoms with Crippen LogP contribution in [0.2, 0.25) is 0 Å². The number of amides is 2. The van der Waals surface area contributed by atoms with Crippen LogP contribution in [-0.2, 0) is 17.9 Å². The average Bonchev–Trinajstić information content (AvgIpc) is 2.45. The summed E-state index contributed by atoms with van der Waals surface area (Å²) < 4.78 is 18.4. The van der Waals surface area contributed by atoms with Crippen molar-refractivity contribution >= 4 is 6.03 Å². The average molecular weight is 312 g/mol. The molecule has 2 amide bonds. The van der Waals surface area contributed by atoms with E-state index in [4.69, 9.17) is 4.74 Å². The van der Waals surface area contributed by atoms with Crippen LogP contribution in [0.5, 0.6) is 0 Å². The number of urea groups is 1. The Morgan fingerprint density at radius 2 is 2.09 bits per heavy atom. The van der Waals surface area contributed by atoms with E-state index in [1.807, 2.05) is 6.92 Å². The fourth-order valence-corrected chi connectivity index (χ4v) is 2.18. The van der Waals surface area contributed by atoms with E-state index in [9.17, 15) is 14.3 Å². The maximum Gasteiger partial charge on any atom is 0.315 e. The van der Waals surface area contributed by atoms with Crippen molar-refractivity contribution in [1.82, 2.24) is 10.6 Å². The molecule has 3 N–H and O–H groups in total. The van der Waals surface area contributed by atoms with Crippen LogP contribution >= 0.6 is 0 Å². The minimum atomic E-state index is -0.377. The summed E-state index contributed by atoms with van der Waals surface area (Å²) in [5.74, 6) is -0.119. The largest absolute Gasteiger partial charge is 0.393 e. The summed E-state index contributed by atoms with van der Waals surface area (Å²) in [7, 11) is 1.51. The quantitative estimate of drug-likeness (QED) is 0.689. The van der Waals surface area contributed by atoms with Crippen LogP contribution in [0.3, 0.4) is 0 Å². The molecule has 0 spiro atoms. The molecule has 0 aromatic heterocycles. The number of aliphatic hydroxyl groups excluding tert-OH is 1. The standard InChI is InChI=1S/C16H25FN2O3/c1-11(6-12(2)20)8-18-16(21)19-9-13-4-5-15(17)14(7-13)10-22-3/h4-5,7,11-12,20H,6,8-10H2,1-3H3,(H2,18,19,21). The van der Waals surface area contributed by atoms with Crippen LogP contribution in [0.25, 0.3) is 0 Å². The molecule has 0 radical (unpaired) electrons. The summed E-state index contributed by atoms with van der Waals surface area (Å²) in [6.45, 7) is 4.69. The van der Waals surface area contributed by atoms with Crippen molar-refractivity contribution in [2.45, 2.75) is 39.5 Å². The molecule has 1 aromatic rings. The van der Waals surface area contributed by atoms with Crippen molar-refractivity contribution in [2.24, 2.45) is 5.92 Å². The number of halogens is 1. The number of carbonyl (C=O) groups excluding carboxylic acids is 1. The second-order valence-electron chi connectivity index (χ2n) is 5.61. The first-order valence-electron chi connectivity index (χ1n) is 7.38. The van der Waals surface area contributed by atoms with E-state index in [1.54, 1.807) is 19.1 Å². The molecule has 5 nitrogen and oxygen atoms in total. The third-order valence-electron chi connectivity index (χ3n) is 3.22. The molecule has 0 aliphatic heterocycles. The highest BCUT2D eigenvalue weighted by atomic mass is 19.1. The van der Waals surface area contributed by atoms with Gasteiger partial charge >= 0.3 is 6.03 Å². The van der Waals surface area contributed by atoms with Gasteiger partial charge in [-0.25, -0.2) is 9.18 Å². The summed E-state index contributed by atoms with van der Waals surface area (Å²) in [6.07, 6.45) is 0.261. The highest BCUT2D eigenvalue weighted by Crippen LogP contribution is 2.11. The Balaban J connectivity index is 2.39. The summed E-state index contributed by atoms with van der Waals surface area (Å²) >= 11 is 0. The molecule has 0 aliphatic rings. The van der Waals surface area contributed by atoms with Crippen molar-refractivity contribution in [1.29, 1.82) is 0 Å². The molecule has 0 saturated heterocycles. The van der Waals surface area contributed by atoms with E-state index in [0.29, 0.717) is 25.1 Å². The number of hydrogen-bond donors (Lipinski definition) is 3. The maximum absolute atomic E-state index is 13.5. The van der Waals surface area contributed by atoms with E-state index in [0.717, 1.165) is 5.56 Å². The van der Waals surface area contributed by atoms with Gasteiger partial charge in [-0.15, -0.1) is 0 Å². The number of hydrogen-bond acceptors (Lipinski definition) is 3. The molecule has 2 unspecified atom stereocenters. The monoisotopic (exact) mass is 312 g/mol. The predicted octanol–water partition coefficient (Wildman–Crippen LogP) is 2.18. The van der Waals surface area contributed by atoms with E-state index in [2.05, 4.69) is 10.6 Å². The minimum Gasteiger partial charge on any atom is -0.393 e. The Hall–Kier alpha value is -1.66. The second-order valence-corrected chi connectivity index (χ2v) is 5.61. The van der Waals surface area contributed by atoms with E-state index in [1.165, 1.54) is 13.2 Å². The zero-order chi connectivity index (χ0) is 16.5. The molecule has 22 heavy (non-hydrogen) atoms. The predicted molar refractivity (Wildman–Crippen MR) is 82.8 cm³/mol. The molecule has 0 saturated carbocycles. The number of carbonyl (C=O) groups is 1. The van der Waals surface area contributed by atoms with Crippen molar-refractivity contribution < 1.29 is 19.0 Å². The summed E-state index contributed by atoms with van der Waals surface area (Å²) in [5.41, 5.74) is 1.27. The van der Waals surface area contributed by atoms with E-state index < -0.39 is 0 Å². The number of nitrogens with one attached hydrogen (secondary N) is 2. The fraction of sp³-hybridized carbons (Fsp3) is 0.562. The summed E-state index contributed by atoms with van der Waals surface area (Å²) in [6, 6.07) is 4.39. The molecule has 6 heteroatoms. The molecule has 0 heterocycles. The number of benzene rings is 1. The Labute approximate surface area is 130 Å². The van der Waals surface area contributed by atoms with Crippen LogP contribution in [-0.4, -0.2) is 30.9 Å². The van der Waals surface area contributed by atoms with Gasteiger partial charge in [0.2, 0.25) is 0 Å². The lowest BCUT2D eigenvalue weighted by Gasteiger charge is -2.15. The normalized spacial score (nSPS) is 13.5. The number of aliphatic hydroxyl groups is 1. The first kappa shape index (κ1) is 18.4. The van der Waals surface area contributed by atoms with Gasteiger partial charge in [0, 0.05) is 25.8 Å². The maximum atomic E-state index is 13.5. The lowest BCUT2D eigenvalue weighted by atomic mass is 10.1. The Morgan fingerprint density at radius 1 is 1.36 bits per heavy atom. The molecule has 1 rings (SSSR count). The number of ether oxygens (including phenoxy) is 1. The van der Waals surface area contributed by atoms with Gasteiger partial charge in [0.15, 0.2) is 0 Å². The van der Waals surface area contributed by atoms with Gasteiger partial charge < -0.3 is 20.5 Å². The summed E-state index contributed by atoms with van der Waals surface area (Å²) in [4.78, 5) is 11.7. The third-order valence-corrected chi connectivity index (χ3v) is 3.22. The van der Waals surface area contributed by atoms with Gasteiger partial charge in [0.25, 0.3) is 0 Å². The Kier molecular flexibility index (Phi) is 7.84. The first-order chi connectivity index (χ1) is 10.4. The second kappa shape index (κ2) is 9.38. The molecule has 124 valence electrons. The Bertz CT molecular complexity index is 480. The number of rotatable bonds is 8. The van der Waals surface area contributed by atoms with Gasteiger partial charge in [-0.1, -0.05) is 13.0 Å². The van der Waals surface area contributed by atoms with Gasteiger partial charge in [-0.05, 0) is 37.0 Å². The molecular weight excluding hydrogens is 287 g/mol. The van der Waals surface area contributed by atoms with E-state index in [-0.39, 0.29) is 30.5 Å². The zero-order valence-electron chi connectivity index (χ0n) is 13.4. The van der Waals surface area contributed by atoms with Crippen molar-refractivity contribution in [2.75, 3.05) is 13.7 Å². The van der Waals surface area contributed by atoms with Gasteiger partial charge in [-0.2, -0.15) is 0 Å². The smallest absolute Gasteiger partial charge is 0.315 e. The third kappa shape index (κ3) is 6.87. The van der Waals surface area contributed by atoms with Crippen molar-refractivity contribution in [3.8, 4) is 0 Å². The fourth-order valence-electron chi connectivity index (χ4n) is 2.18. The molecule has 0 fully saturated rings. The van der Waals surface area contributed by atoms with Gasteiger partial charge in [0.1, 0.15) is 5.82 Å². The van der Waals surface area contributed by atoms with Gasteiger partial charge in [-0.3, -0.25) is 0 Å². The highest BCUT2D eigenvalue weighted by Gasteiger charge is 2.09. The first-order valence-corrected chi connectivity index (χ1v) is 7.38. The Morgan fingerprint density at radius 3 is 2.73 bits per heavy atom. The highest BCUT2D eigenvalue weighted by molar-refractivity contribution is 5.73. The van der Waals surface area contributed by atoms with Gasteiger partial charge in [0.05, 0.1) is 12.7 Å². The van der Waals surface area contributed by atoms with Crippen LogP contribution in [0.15, 0.2) is 18.2 Å². The minimum absolute atomic E-state index is 0.197. The number of methoxy groups -OCH3 is 1. The van der Waals surface area contributed by atoms with Crippen molar-refractivity contribution in [3.05, 3.63) is 35.1 Å². The van der Waals surface area contributed by atoms with Crippen LogP contribution in [0.4, 0.5) is 9.18 Å². The molecular formula is C16H25FN2O3. The summed E-state index contributed by atoms with van der Waals surface area (Å²) in [5, 5.41) is 14.7. The molecule has 1 aromatic carbocycles. The lowest BCUT2D eigenvalue weighted by Crippen LogP contribution is -2.37. The van der Waals surface area contributed by atoms with E-state index >= 15 is 0 Å². The van der Waals surface area contributed by atoms with Crippen LogP contribution in [0, 0.1) is 11.7 Å². The zero-order valence-corrected chi connectivity index (χ0v) is 13.4. The topological polar surface area (TPSA) is 70.6 Å². The van der Waals surface area contributed by atoms with Crippen LogP contribution < -0.4 is 10.6 Å². The SMILES string of the molecule is COCc1cc(CNC(=O)NCC(C)CC(C)O)ccc1F. The molecule has 0 aliphatic carbocycles. The lowest BCUT2D eigenvalue weighted by molar-refractivity contribution is 0.163. The van der Waals surface area contributed by atoms with Crippen molar-refractivity contribution in [3.63, 3.8) is 0 Å². The molecule has 2 atom stereocenters.